The minimum Gasteiger partial charge on any atom is -0.0654 e. The first-order chi connectivity index (χ1) is 4.79. The van der Waals surface area contributed by atoms with E-state index < -0.39 is 0 Å². The first kappa shape index (κ1) is 6.69. The predicted octanol–water partition coefficient (Wildman–Crippen LogP) is 3.22. The molecule has 0 N–H and O–H groups in total. The van der Waals surface area contributed by atoms with E-state index in [9.17, 15) is 0 Å². The molecule has 1 spiro atoms. The van der Waals surface area contributed by atoms with E-state index in [1.54, 1.807) is 12.8 Å². The molecule has 0 bridgehead atoms. The zero-order valence-corrected chi connectivity index (χ0v) is 7.19. The quantitative estimate of drug-likeness (QED) is 0.549. The topological polar surface area (TPSA) is 0 Å². The zero-order chi connectivity index (χ0) is 7.19. The maximum absolute atomic E-state index is 2.43. The molecule has 0 heteroatoms. The molecule has 0 amide bonds. The highest BCUT2D eigenvalue weighted by molar-refractivity contribution is 5.09. The van der Waals surface area contributed by atoms with Crippen LogP contribution >= 0.6 is 0 Å². The van der Waals surface area contributed by atoms with Crippen LogP contribution in [0.1, 0.15) is 46.0 Å². The fourth-order valence-corrected chi connectivity index (χ4v) is 2.93. The van der Waals surface area contributed by atoms with Crippen molar-refractivity contribution in [2.24, 2.45) is 17.3 Å². The van der Waals surface area contributed by atoms with Crippen LogP contribution in [0.3, 0.4) is 0 Å². The molecule has 0 heterocycles. The van der Waals surface area contributed by atoms with Gasteiger partial charge in [-0.1, -0.05) is 26.7 Å². The molecule has 0 aliphatic heterocycles. The van der Waals surface area contributed by atoms with Gasteiger partial charge in [0.2, 0.25) is 0 Å². The lowest BCUT2D eigenvalue weighted by atomic mass is 9.67. The van der Waals surface area contributed by atoms with Crippen LogP contribution in [0, 0.1) is 17.3 Å². The third kappa shape index (κ3) is 0.681. The highest BCUT2D eigenvalue weighted by atomic mass is 14.6. The van der Waals surface area contributed by atoms with E-state index in [-0.39, 0.29) is 0 Å². The lowest BCUT2D eigenvalue weighted by Gasteiger charge is -2.38. The normalized spacial score (nSPS) is 51.0. The van der Waals surface area contributed by atoms with Gasteiger partial charge in [-0.25, -0.2) is 0 Å². The summed E-state index contributed by atoms with van der Waals surface area (Å²) in [7, 11) is 0. The van der Waals surface area contributed by atoms with Gasteiger partial charge in [-0.05, 0) is 36.5 Å². The first-order valence-corrected chi connectivity index (χ1v) is 4.79. The van der Waals surface area contributed by atoms with Gasteiger partial charge in [0.15, 0.2) is 0 Å². The van der Waals surface area contributed by atoms with Crippen LogP contribution in [-0.4, -0.2) is 0 Å². The third-order valence-corrected chi connectivity index (χ3v) is 3.92. The Kier molecular flexibility index (Phi) is 1.33. The Labute approximate surface area is 64.0 Å². The second-order valence-electron chi connectivity index (χ2n) is 4.36. The Balaban J connectivity index is 1.89. The van der Waals surface area contributed by atoms with Gasteiger partial charge in [-0.15, -0.1) is 0 Å². The molecule has 0 nitrogen and oxygen atoms in total. The summed E-state index contributed by atoms with van der Waals surface area (Å²) in [5, 5.41) is 0. The molecule has 3 unspecified atom stereocenters. The molecule has 0 aromatic carbocycles. The van der Waals surface area contributed by atoms with E-state index in [1.165, 1.54) is 19.3 Å². The van der Waals surface area contributed by atoms with Crippen LogP contribution in [0.15, 0.2) is 0 Å². The highest BCUT2D eigenvalue weighted by Gasteiger charge is 2.60. The maximum atomic E-state index is 2.43. The molecule has 2 saturated carbocycles. The second kappa shape index (κ2) is 1.99. The van der Waals surface area contributed by atoms with E-state index in [0.717, 1.165) is 17.3 Å². The molecule has 2 fully saturated rings. The van der Waals surface area contributed by atoms with Crippen molar-refractivity contribution in [1.29, 1.82) is 0 Å². The van der Waals surface area contributed by atoms with E-state index in [0.29, 0.717) is 0 Å². The van der Waals surface area contributed by atoms with Crippen LogP contribution in [-0.2, 0) is 0 Å². The number of hydrogen-bond acceptors (Lipinski definition) is 0. The summed E-state index contributed by atoms with van der Waals surface area (Å²) in [4.78, 5) is 0. The summed E-state index contributed by atoms with van der Waals surface area (Å²) < 4.78 is 0. The van der Waals surface area contributed by atoms with Crippen LogP contribution in [0.5, 0.6) is 0 Å². The standard InChI is InChI=1S/C10H18/c1-3-4-9-5-6-10(9)7-8(10)2/h8-9H,3-7H2,1-2H3. The van der Waals surface area contributed by atoms with Crippen molar-refractivity contribution in [3.05, 3.63) is 0 Å². The minimum atomic E-state index is 0.899. The molecular weight excluding hydrogens is 120 g/mol. The Morgan fingerprint density at radius 1 is 1.50 bits per heavy atom. The molecule has 0 aromatic heterocycles. The first-order valence-electron chi connectivity index (χ1n) is 4.79. The monoisotopic (exact) mass is 138 g/mol. The molecule has 0 aromatic rings. The van der Waals surface area contributed by atoms with Gasteiger partial charge in [0.1, 0.15) is 0 Å². The average molecular weight is 138 g/mol. The van der Waals surface area contributed by atoms with Crippen molar-refractivity contribution in [2.75, 3.05) is 0 Å². The minimum absolute atomic E-state index is 0.899. The van der Waals surface area contributed by atoms with E-state index in [1.807, 2.05) is 0 Å². The van der Waals surface area contributed by atoms with Gasteiger partial charge < -0.3 is 0 Å². The van der Waals surface area contributed by atoms with Crippen molar-refractivity contribution in [3.63, 3.8) is 0 Å². The van der Waals surface area contributed by atoms with Gasteiger partial charge >= 0.3 is 0 Å². The van der Waals surface area contributed by atoms with Crippen LogP contribution in [0.4, 0.5) is 0 Å². The molecule has 0 radical (unpaired) electrons. The molecule has 2 aliphatic rings. The molecule has 0 saturated heterocycles. The van der Waals surface area contributed by atoms with Crippen molar-refractivity contribution in [2.45, 2.75) is 46.0 Å². The zero-order valence-electron chi connectivity index (χ0n) is 7.19. The smallest absolute Gasteiger partial charge is 0.0240 e. The molecule has 2 rings (SSSR count). The SMILES string of the molecule is CCCC1CCC12CC2C. The Morgan fingerprint density at radius 3 is 2.50 bits per heavy atom. The Morgan fingerprint density at radius 2 is 2.20 bits per heavy atom. The van der Waals surface area contributed by atoms with Gasteiger partial charge in [0, 0.05) is 0 Å². The lowest BCUT2D eigenvalue weighted by Crippen LogP contribution is -2.28. The Hall–Kier alpha value is 0. The molecule has 2 aliphatic carbocycles. The molecule has 10 heavy (non-hydrogen) atoms. The maximum Gasteiger partial charge on any atom is -0.0240 e. The summed E-state index contributed by atoms with van der Waals surface area (Å²) in [5.74, 6) is 2.21. The number of rotatable bonds is 2. The van der Waals surface area contributed by atoms with Gasteiger partial charge in [-0.2, -0.15) is 0 Å². The average Bonchev–Trinajstić information content (AvgIpc) is 2.57. The van der Waals surface area contributed by atoms with Crippen LogP contribution in [0.2, 0.25) is 0 Å². The largest absolute Gasteiger partial charge is 0.0654 e. The third-order valence-electron chi connectivity index (χ3n) is 3.92. The van der Waals surface area contributed by atoms with Gasteiger partial charge in [-0.3, -0.25) is 0 Å². The van der Waals surface area contributed by atoms with Gasteiger partial charge in [0.25, 0.3) is 0 Å². The van der Waals surface area contributed by atoms with Crippen LogP contribution in [0.25, 0.3) is 0 Å². The fourth-order valence-electron chi connectivity index (χ4n) is 2.93. The molecular formula is C10H18. The summed E-state index contributed by atoms with van der Waals surface area (Å²) in [6, 6.07) is 0. The second-order valence-corrected chi connectivity index (χ2v) is 4.36. The highest BCUT2D eigenvalue weighted by Crippen LogP contribution is 2.69. The summed E-state index contributed by atoms with van der Waals surface area (Å²) in [6.07, 6.45) is 7.55. The van der Waals surface area contributed by atoms with Crippen molar-refractivity contribution in [3.8, 4) is 0 Å². The van der Waals surface area contributed by atoms with Crippen molar-refractivity contribution < 1.29 is 0 Å². The van der Waals surface area contributed by atoms with E-state index in [4.69, 9.17) is 0 Å². The van der Waals surface area contributed by atoms with Crippen LogP contribution < -0.4 is 0 Å². The van der Waals surface area contributed by atoms with Crippen molar-refractivity contribution >= 4 is 0 Å². The molecule has 3 atom stereocenters. The number of hydrogen-bond donors (Lipinski definition) is 0. The van der Waals surface area contributed by atoms with Crippen molar-refractivity contribution in [1.82, 2.24) is 0 Å². The Bertz CT molecular complexity index is 135. The lowest BCUT2D eigenvalue weighted by molar-refractivity contribution is 0.120. The predicted molar refractivity (Wildman–Crippen MR) is 43.8 cm³/mol. The van der Waals surface area contributed by atoms with E-state index >= 15 is 0 Å². The van der Waals surface area contributed by atoms with Gasteiger partial charge in [0.05, 0.1) is 0 Å². The van der Waals surface area contributed by atoms with E-state index in [2.05, 4.69) is 13.8 Å². The molecule has 58 valence electrons. The summed E-state index contributed by atoms with van der Waals surface area (Å²) in [6.45, 7) is 4.75. The fraction of sp³-hybridized carbons (Fsp3) is 1.00. The summed E-state index contributed by atoms with van der Waals surface area (Å²) >= 11 is 0. The summed E-state index contributed by atoms with van der Waals surface area (Å²) in [5.41, 5.74) is 0.899.